The lowest BCUT2D eigenvalue weighted by molar-refractivity contribution is -0.132. The van der Waals surface area contributed by atoms with Gasteiger partial charge in [-0.2, -0.15) is 0 Å². The number of hydrogen-bond donors (Lipinski definition) is 0. The SMILES string of the molecule is O=C[C@H]1C[C@@H](OCc2ccccc2)[C@H](OCc2ccccc2)[C@@H]1OCc1ccccc1. The fourth-order valence-electron chi connectivity index (χ4n) is 4.02. The summed E-state index contributed by atoms with van der Waals surface area (Å²) in [7, 11) is 0. The second-order valence-electron chi connectivity index (χ2n) is 7.89. The van der Waals surface area contributed by atoms with Gasteiger partial charge in [-0.3, -0.25) is 0 Å². The van der Waals surface area contributed by atoms with Crippen LogP contribution in [0.3, 0.4) is 0 Å². The maximum absolute atomic E-state index is 11.9. The molecule has 0 N–H and O–H groups in total. The van der Waals surface area contributed by atoms with Gasteiger partial charge in [0.15, 0.2) is 0 Å². The van der Waals surface area contributed by atoms with Gasteiger partial charge < -0.3 is 19.0 Å². The molecule has 0 bridgehead atoms. The fourth-order valence-corrected chi connectivity index (χ4v) is 4.02. The van der Waals surface area contributed by atoms with E-state index >= 15 is 0 Å². The first-order chi connectivity index (χ1) is 15.3. The first-order valence-electron chi connectivity index (χ1n) is 10.8. The topological polar surface area (TPSA) is 44.8 Å². The molecular formula is C27H28O4. The van der Waals surface area contributed by atoms with E-state index in [1.807, 2.05) is 91.0 Å². The van der Waals surface area contributed by atoms with Gasteiger partial charge in [-0.05, 0) is 23.1 Å². The fraction of sp³-hybridized carbons (Fsp3) is 0.296. The molecule has 3 aromatic carbocycles. The summed E-state index contributed by atoms with van der Waals surface area (Å²) in [6.45, 7) is 1.37. The Morgan fingerprint density at radius 2 is 1.03 bits per heavy atom. The van der Waals surface area contributed by atoms with Crippen molar-refractivity contribution in [1.82, 2.24) is 0 Å². The highest BCUT2D eigenvalue weighted by Crippen LogP contribution is 2.34. The van der Waals surface area contributed by atoms with Crippen LogP contribution in [0.15, 0.2) is 91.0 Å². The number of benzene rings is 3. The molecule has 1 aliphatic rings. The first-order valence-corrected chi connectivity index (χ1v) is 10.8. The Hall–Kier alpha value is -2.79. The second kappa shape index (κ2) is 11.0. The average molecular weight is 417 g/mol. The summed E-state index contributed by atoms with van der Waals surface area (Å²) in [5.74, 6) is -0.259. The van der Waals surface area contributed by atoms with E-state index in [-0.39, 0.29) is 24.2 Å². The molecule has 0 amide bonds. The van der Waals surface area contributed by atoms with Gasteiger partial charge in [0.1, 0.15) is 12.4 Å². The predicted molar refractivity (Wildman–Crippen MR) is 119 cm³/mol. The standard InChI is InChI=1S/C27H28O4/c28-17-24-16-25(29-18-21-10-4-1-5-11-21)27(31-20-23-14-8-3-9-15-23)26(24)30-19-22-12-6-2-7-13-22/h1-15,17,24-27H,16,18-20H2/t24-,25-,26-,27+/m1/s1. The van der Waals surface area contributed by atoms with E-state index in [0.717, 1.165) is 23.0 Å². The smallest absolute Gasteiger partial charge is 0.125 e. The van der Waals surface area contributed by atoms with Crippen LogP contribution in [-0.4, -0.2) is 24.6 Å². The van der Waals surface area contributed by atoms with Gasteiger partial charge in [-0.15, -0.1) is 0 Å². The van der Waals surface area contributed by atoms with Crippen molar-refractivity contribution in [3.8, 4) is 0 Å². The molecule has 3 aromatic rings. The van der Waals surface area contributed by atoms with Gasteiger partial charge in [0.2, 0.25) is 0 Å². The number of hydrogen-bond acceptors (Lipinski definition) is 4. The van der Waals surface area contributed by atoms with Crippen molar-refractivity contribution in [3.63, 3.8) is 0 Å². The molecule has 0 unspecified atom stereocenters. The number of carbonyl (C=O) groups is 1. The molecule has 0 aromatic heterocycles. The van der Waals surface area contributed by atoms with E-state index in [4.69, 9.17) is 14.2 Å². The number of carbonyl (C=O) groups excluding carboxylic acids is 1. The van der Waals surface area contributed by atoms with Crippen molar-refractivity contribution in [2.24, 2.45) is 5.92 Å². The first kappa shape index (κ1) is 21.4. The van der Waals surface area contributed by atoms with E-state index in [1.54, 1.807) is 0 Å². The summed E-state index contributed by atoms with van der Waals surface area (Å²) < 4.78 is 18.8. The molecule has 4 atom stereocenters. The Morgan fingerprint density at radius 3 is 1.48 bits per heavy atom. The molecule has 0 spiro atoms. The highest BCUT2D eigenvalue weighted by atomic mass is 16.6. The van der Waals surface area contributed by atoms with Gasteiger partial charge in [0.05, 0.1) is 32.0 Å². The number of aldehydes is 1. The molecule has 1 saturated carbocycles. The van der Waals surface area contributed by atoms with Gasteiger partial charge in [0.25, 0.3) is 0 Å². The van der Waals surface area contributed by atoms with Gasteiger partial charge in [0, 0.05) is 5.92 Å². The minimum Gasteiger partial charge on any atom is -0.371 e. The molecule has 160 valence electrons. The van der Waals surface area contributed by atoms with Crippen molar-refractivity contribution in [1.29, 1.82) is 0 Å². The van der Waals surface area contributed by atoms with Crippen LogP contribution < -0.4 is 0 Å². The van der Waals surface area contributed by atoms with Crippen molar-refractivity contribution in [3.05, 3.63) is 108 Å². The van der Waals surface area contributed by atoms with Gasteiger partial charge in [-0.25, -0.2) is 0 Å². The van der Waals surface area contributed by atoms with Crippen molar-refractivity contribution >= 4 is 6.29 Å². The Kier molecular flexibility index (Phi) is 7.61. The summed E-state index contributed by atoms with van der Waals surface area (Å²) in [6.07, 6.45) is 0.709. The molecule has 0 heterocycles. The Labute approximate surface area is 183 Å². The normalized spacial score (nSPS) is 23.0. The lowest BCUT2D eigenvalue weighted by Gasteiger charge is -2.26. The molecule has 0 aliphatic heterocycles. The zero-order valence-electron chi connectivity index (χ0n) is 17.5. The van der Waals surface area contributed by atoms with E-state index in [2.05, 4.69) is 0 Å². The quantitative estimate of drug-likeness (QED) is 0.438. The minimum absolute atomic E-state index is 0.208. The molecule has 4 nitrogen and oxygen atoms in total. The Bertz CT molecular complexity index is 914. The predicted octanol–water partition coefficient (Wildman–Crippen LogP) is 4.96. The molecule has 0 saturated heterocycles. The summed E-state index contributed by atoms with van der Waals surface area (Å²) in [5.41, 5.74) is 3.25. The molecule has 4 heteroatoms. The van der Waals surface area contributed by atoms with Gasteiger partial charge in [-0.1, -0.05) is 91.0 Å². The molecular weight excluding hydrogens is 388 g/mol. The van der Waals surface area contributed by atoms with Crippen LogP contribution in [0.1, 0.15) is 23.1 Å². The van der Waals surface area contributed by atoms with E-state index in [9.17, 15) is 4.79 Å². The largest absolute Gasteiger partial charge is 0.371 e. The highest BCUT2D eigenvalue weighted by Gasteiger charge is 2.45. The Balaban J connectivity index is 1.47. The summed E-state index contributed by atoms with van der Waals surface area (Å²) in [4.78, 5) is 11.9. The van der Waals surface area contributed by atoms with Crippen LogP contribution in [0.25, 0.3) is 0 Å². The van der Waals surface area contributed by atoms with Crippen LogP contribution in [0.2, 0.25) is 0 Å². The van der Waals surface area contributed by atoms with Crippen molar-refractivity contribution in [2.45, 2.75) is 44.6 Å². The van der Waals surface area contributed by atoms with Crippen LogP contribution in [0.5, 0.6) is 0 Å². The maximum Gasteiger partial charge on any atom is 0.125 e. The van der Waals surface area contributed by atoms with Crippen LogP contribution in [0.4, 0.5) is 0 Å². The highest BCUT2D eigenvalue weighted by molar-refractivity contribution is 5.56. The maximum atomic E-state index is 11.9. The van der Waals surface area contributed by atoms with Crippen LogP contribution in [0, 0.1) is 5.92 Å². The molecule has 31 heavy (non-hydrogen) atoms. The lowest BCUT2D eigenvalue weighted by Crippen LogP contribution is -2.37. The van der Waals surface area contributed by atoms with Crippen molar-refractivity contribution in [2.75, 3.05) is 0 Å². The Morgan fingerprint density at radius 1 is 0.613 bits per heavy atom. The van der Waals surface area contributed by atoms with E-state index in [1.165, 1.54) is 0 Å². The van der Waals surface area contributed by atoms with Crippen molar-refractivity contribution < 1.29 is 19.0 Å². The van der Waals surface area contributed by atoms with Crippen LogP contribution in [-0.2, 0) is 38.8 Å². The molecule has 0 radical (unpaired) electrons. The molecule has 1 fully saturated rings. The summed E-state index contributed by atoms with van der Waals surface area (Å²) in [5, 5.41) is 0. The molecule has 1 aliphatic carbocycles. The third-order valence-corrected chi connectivity index (χ3v) is 5.67. The monoisotopic (exact) mass is 416 g/mol. The zero-order valence-corrected chi connectivity index (χ0v) is 17.5. The van der Waals surface area contributed by atoms with E-state index < -0.39 is 0 Å². The number of rotatable bonds is 10. The summed E-state index contributed by atoms with van der Waals surface area (Å²) in [6, 6.07) is 30.1. The zero-order chi connectivity index (χ0) is 21.3. The summed E-state index contributed by atoms with van der Waals surface area (Å²) >= 11 is 0. The van der Waals surface area contributed by atoms with Crippen LogP contribution >= 0.6 is 0 Å². The van der Waals surface area contributed by atoms with Gasteiger partial charge >= 0.3 is 0 Å². The third kappa shape index (κ3) is 5.88. The second-order valence-corrected chi connectivity index (χ2v) is 7.89. The molecule has 4 rings (SSSR count). The third-order valence-electron chi connectivity index (χ3n) is 5.67. The minimum atomic E-state index is -0.345. The lowest BCUT2D eigenvalue weighted by atomic mass is 10.1. The number of ether oxygens (including phenoxy) is 3. The van der Waals surface area contributed by atoms with E-state index in [0.29, 0.717) is 26.2 Å². The average Bonchev–Trinajstić information content (AvgIpc) is 3.18.